The highest BCUT2D eigenvalue weighted by Crippen LogP contribution is 2.17. The van der Waals surface area contributed by atoms with Crippen LogP contribution in [0.1, 0.15) is 5.01 Å². The highest BCUT2D eigenvalue weighted by Gasteiger charge is 2.15. The SMILES string of the molecule is CN=C(NCCSCc1nnc(N)s1)NS(=O)(=O)c1ccccc1. The molecule has 11 heteroatoms. The zero-order valence-electron chi connectivity index (χ0n) is 13.0. The fourth-order valence-corrected chi connectivity index (χ4v) is 4.24. The van der Waals surface area contributed by atoms with E-state index in [4.69, 9.17) is 5.73 Å². The van der Waals surface area contributed by atoms with Crippen LogP contribution in [0.25, 0.3) is 0 Å². The van der Waals surface area contributed by atoms with Crippen molar-refractivity contribution in [1.29, 1.82) is 0 Å². The molecular weight excluding hydrogens is 368 g/mol. The molecule has 0 saturated heterocycles. The topological polar surface area (TPSA) is 122 Å². The Morgan fingerprint density at radius 3 is 2.71 bits per heavy atom. The summed E-state index contributed by atoms with van der Waals surface area (Å²) >= 11 is 3.01. The molecule has 130 valence electrons. The van der Waals surface area contributed by atoms with Crippen molar-refractivity contribution in [3.8, 4) is 0 Å². The van der Waals surface area contributed by atoms with Gasteiger partial charge in [-0.1, -0.05) is 29.5 Å². The molecule has 1 aromatic carbocycles. The van der Waals surface area contributed by atoms with E-state index in [1.165, 1.54) is 30.5 Å². The van der Waals surface area contributed by atoms with Gasteiger partial charge in [-0.05, 0) is 12.1 Å². The third kappa shape index (κ3) is 5.65. The van der Waals surface area contributed by atoms with Crippen LogP contribution in [0.2, 0.25) is 0 Å². The maximum absolute atomic E-state index is 12.2. The number of nitrogen functional groups attached to an aromatic ring is 1. The molecule has 0 atom stereocenters. The predicted octanol–water partition coefficient (Wildman–Crippen LogP) is 0.907. The van der Waals surface area contributed by atoms with Gasteiger partial charge in [0.05, 0.1) is 4.90 Å². The second-order valence-corrected chi connectivity index (χ2v) is 8.39. The summed E-state index contributed by atoms with van der Waals surface area (Å²) in [5.74, 6) is 1.68. The molecular formula is C13H18N6O2S3. The number of nitrogens with one attached hydrogen (secondary N) is 2. The van der Waals surface area contributed by atoms with Crippen LogP contribution in [0.5, 0.6) is 0 Å². The van der Waals surface area contributed by atoms with Crippen LogP contribution in [0.4, 0.5) is 5.13 Å². The van der Waals surface area contributed by atoms with Crippen LogP contribution < -0.4 is 15.8 Å². The fourth-order valence-electron chi connectivity index (χ4n) is 1.67. The molecule has 0 unspecified atom stereocenters. The smallest absolute Gasteiger partial charge is 0.264 e. The van der Waals surface area contributed by atoms with Crippen LogP contribution in [0.15, 0.2) is 40.2 Å². The van der Waals surface area contributed by atoms with Gasteiger partial charge in [0, 0.05) is 25.1 Å². The molecule has 4 N–H and O–H groups in total. The molecule has 0 aliphatic rings. The number of nitrogens with zero attached hydrogens (tertiary/aromatic N) is 3. The molecule has 0 radical (unpaired) electrons. The summed E-state index contributed by atoms with van der Waals surface area (Å²) in [7, 11) is -2.11. The Morgan fingerprint density at radius 1 is 1.33 bits per heavy atom. The molecule has 0 aliphatic carbocycles. The molecule has 0 saturated carbocycles. The minimum atomic E-state index is -3.64. The van der Waals surface area contributed by atoms with Crippen molar-refractivity contribution in [3.63, 3.8) is 0 Å². The molecule has 1 aromatic heterocycles. The molecule has 8 nitrogen and oxygen atoms in total. The van der Waals surface area contributed by atoms with Crippen molar-refractivity contribution in [2.45, 2.75) is 10.6 Å². The van der Waals surface area contributed by atoms with E-state index in [-0.39, 0.29) is 10.9 Å². The standard InChI is InChI=1S/C13H18N6O2S3/c1-15-13(19-24(20,21)10-5-3-2-4-6-10)16-7-8-22-9-11-17-18-12(14)23-11/h2-6H,7-9H2,1H3,(H2,14,18)(H2,15,16,19). The molecule has 1 heterocycles. The van der Waals surface area contributed by atoms with Gasteiger partial charge in [-0.3, -0.25) is 4.99 Å². The molecule has 0 fully saturated rings. The lowest BCUT2D eigenvalue weighted by molar-refractivity contribution is 0.591. The molecule has 24 heavy (non-hydrogen) atoms. The number of hydrogen-bond acceptors (Lipinski definition) is 8. The van der Waals surface area contributed by atoms with E-state index >= 15 is 0 Å². The Kier molecular flexibility index (Phi) is 6.82. The third-order valence-electron chi connectivity index (χ3n) is 2.76. The first kappa shape index (κ1) is 18.5. The first-order valence-corrected chi connectivity index (χ1v) is 10.4. The quantitative estimate of drug-likeness (QED) is 0.367. The van der Waals surface area contributed by atoms with Gasteiger partial charge in [0.1, 0.15) is 5.01 Å². The summed E-state index contributed by atoms with van der Waals surface area (Å²) in [6.07, 6.45) is 0. The first-order chi connectivity index (χ1) is 11.5. The summed E-state index contributed by atoms with van der Waals surface area (Å²) in [6.45, 7) is 0.558. The molecule has 2 aromatic rings. The van der Waals surface area contributed by atoms with Gasteiger partial charge in [-0.15, -0.1) is 10.2 Å². The summed E-state index contributed by atoms with van der Waals surface area (Å²) in [6, 6.07) is 8.15. The van der Waals surface area contributed by atoms with Crippen molar-refractivity contribution < 1.29 is 8.42 Å². The minimum Gasteiger partial charge on any atom is -0.374 e. The van der Waals surface area contributed by atoms with Crippen molar-refractivity contribution in [2.75, 3.05) is 25.1 Å². The van der Waals surface area contributed by atoms with Gasteiger partial charge in [0.15, 0.2) is 0 Å². The van der Waals surface area contributed by atoms with Gasteiger partial charge in [0.2, 0.25) is 11.1 Å². The van der Waals surface area contributed by atoms with Gasteiger partial charge >= 0.3 is 0 Å². The average Bonchev–Trinajstić information content (AvgIpc) is 2.99. The predicted molar refractivity (Wildman–Crippen MR) is 98.6 cm³/mol. The maximum atomic E-state index is 12.2. The van der Waals surface area contributed by atoms with Crippen LogP contribution >= 0.6 is 23.1 Å². The number of rotatable bonds is 7. The van der Waals surface area contributed by atoms with E-state index < -0.39 is 10.0 Å². The molecule has 0 aliphatic heterocycles. The lowest BCUT2D eigenvalue weighted by atomic mass is 10.4. The van der Waals surface area contributed by atoms with Crippen molar-refractivity contribution >= 4 is 44.2 Å². The lowest BCUT2D eigenvalue weighted by Gasteiger charge is -2.12. The Labute approximate surface area is 149 Å². The van der Waals surface area contributed by atoms with Crippen LogP contribution in [-0.2, 0) is 15.8 Å². The number of hydrogen-bond donors (Lipinski definition) is 3. The summed E-state index contributed by atoms with van der Waals surface area (Å²) in [5.41, 5.74) is 5.52. The second-order valence-electron chi connectivity index (χ2n) is 4.50. The first-order valence-electron chi connectivity index (χ1n) is 6.95. The number of nitrogens with two attached hydrogens (primary N) is 1. The summed E-state index contributed by atoms with van der Waals surface area (Å²) in [5, 5.41) is 12.0. The van der Waals surface area contributed by atoms with E-state index in [9.17, 15) is 8.42 Å². The highest BCUT2D eigenvalue weighted by atomic mass is 32.2. The van der Waals surface area contributed by atoms with Gasteiger partial charge in [0.25, 0.3) is 10.0 Å². The second kappa shape index (κ2) is 8.85. The number of sulfonamides is 1. The molecule has 0 amide bonds. The van der Waals surface area contributed by atoms with E-state index in [2.05, 4.69) is 25.2 Å². The van der Waals surface area contributed by atoms with Crippen molar-refractivity contribution in [3.05, 3.63) is 35.3 Å². The summed E-state index contributed by atoms with van der Waals surface area (Å²) in [4.78, 5) is 4.12. The van der Waals surface area contributed by atoms with Gasteiger partial charge in [-0.25, -0.2) is 13.1 Å². The maximum Gasteiger partial charge on any atom is 0.264 e. The van der Waals surface area contributed by atoms with Crippen LogP contribution in [0.3, 0.4) is 0 Å². The molecule has 2 rings (SSSR count). The average molecular weight is 387 g/mol. The third-order valence-corrected chi connectivity index (χ3v) is 6.02. The fraction of sp³-hybridized carbons (Fsp3) is 0.308. The van der Waals surface area contributed by atoms with E-state index in [0.717, 1.165) is 10.8 Å². The van der Waals surface area contributed by atoms with Crippen LogP contribution in [0, 0.1) is 0 Å². The minimum absolute atomic E-state index is 0.191. The number of aromatic nitrogens is 2. The van der Waals surface area contributed by atoms with E-state index in [1.807, 2.05) is 0 Å². The monoisotopic (exact) mass is 386 g/mol. The Morgan fingerprint density at radius 2 is 2.08 bits per heavy atom. The number of aliphatic imine (C=N–C) groups is 1. The van der Waals surface area contributed by atoms with Crippen LogP contribution in [-0.4, -0.2) is 43.9 Å². The Bertz CT molecular complexity index is 776. The number of anilines is 1. The lowest BCUT2D eigenvalue weighted by Crippen LogP contribution is -2.41. The number of guanidine groups is 1. The summed E-state index contributed by atoms with van der Waals surface area (Å²) < 4.78 is 26.9. The van der Waals surface area contributed by atoms with Crippen molar-refractivity contribution in [2.24, 2.45) is 4.99 Å². The Hall–Kier alpha value is -1.85. The number of benzene rings is 1. The van der Waals surface area contributed by atoms with Gasteiger partial charge in [-0.2, -0.15) is 11.8 Å². The zero-order valence-corrected chi connectivity index (χ0v) is 15.4. The van der Waals surface area contributed by atoms with E-state index in [0.29, 0.717) is 17.4 Å². The molecule has 0 spiro atoms. The van der Waals surface area contributed by atoms with Gasteiger partial charge < -0.3 is 11.1 Å². The molecule has 0 bridgehead atoms. The Balaban J connectivity index is 1.76. The zero-order chi connectivity index (χ0) is 17.4. The van der Waals surface area contributed by atoms with Crippen molar-refractivity contribution in [1.82, 2.24) is 20.2 Å². The highest BCUT2D eigenvalue weighted by molar-refractivity contribution is 7.98. The van der Waals surface area contributed by atoms with E-state index in [1.54, 1.807) is 30.0 Å². The number of thioether (sulfide) groups is 1. The normalized spacial score (nSPS) is 12.1. The largest absolute Gasteiger partial charge is 0.374 e.